The molecule has 0 spiro atoms. The molecule has 1 aliphatic rings. The predicted octanol–water partition coefficient (Wildman–Crippen LogP) is 3.45. The summed E-state index contributed by atoms with van der Waals surface area (Å²) in [7, 11) is 0. The van der Waals surface area contributed by atoms with Crippen molar-refractivity contribution in [1.82, 2.24) is 10.3 Å². The minimum atomic E-state index is 0.542. The van der Waals surface area contributed by atoms with Gasteiger partial charge in [-0.2, -0.15) is 0 Å². The van der Waals surface area contributed by atoms with Crippen LogP contribution in [-0.4, -0.2) is 24.2 Å². The van der Waals surface area contributed by atoms with Crippen LogP contribution in [0.2, 0.25) is 0 Å². The molecule has 0 amide bonds. The van der Waals surface area contributed by atoms with Gasteiger partial charge < -0.3 is 10.1 Å². The summed E-state index contributed by atoms with van der Waals surface area (Å²) in [5.74, 6) is 0.739. The third kappa shape index (κ3) is 3.60. The Bertz CT molecular complexity index is 605. The van der Waals surface area contributed by atoms with Crippen LogP contribution in [0.3, 0.4) is 0 Å². The third-order valence-electron chi connectivity index (χ3n) is 4.49. The first-order chi connectivity index (χ1) is 10.2. The second-order valence-corrected chi connectivity index (χ2v) is 6.10. The number of hydrogen-bond acceptors (Lipinski definition) is 3. The lowest BCUT2D eigenvalue weighted by molar-refractivity contribution is 0.0558. The molecule has 0 aliphatic carbocycles. The van der Waals surface area contributed by atoms with Gasteiger partial charge in [-0.3, -0.25) is 4.98 Å². The molecule has 1 N–H and O–H groups in total. The number of nitrogens with zero attached hydrogens (tertiary/aromatic N) is 1. The molecule has 1 unspecified atom stereocenters. The Kier molecular flexibility index (Phi) is 4.51. The number of hydrogen-bond donors (Lipinski definition) is 1. The van der Waals surface area contributed by atoms with E-state index in [1.807, 2.05) is 6.92 Å². The smallest absolute Gasteiger partial charge is 0.0705 e. The zero-order valence-corrected chi connectivity index (χ0v) is 12.9. The highest BCUT2D eigenvalue weighted by Gasteiger charge is 2.19. The lowest BCUT2D eigenvalue weighted by atomic mass is 9.93. The van der Waals surface area contributed by atoms with Crippen molar-refractivity contribution in [3.8, 4) is 0 Å². The molecule has 3 nitrogen and oxygen atoms in total. The van der Waals surface area contributed by atoms with E-state index in [4.69, 9.17) is 4.74 Å². The van der Waals surface area contributed by atoms with Gasteiger partial charge in [0, 0.05) is 36.9 Å². The van der Waals surface area contributed by atoms with Crippen molar-refractivity contribution in [3.63, 3.8) is 0 Å². The molecular weight excluding hydrogens is 260 g/mol. The lowest BCUT2D eigenvalue weighted by Crippen LogP contribution is -2.36. The third-order valence-corrected chi connectivity index (χ3v) is 4.49. The van der Waals surface area contributed by atoms with Crippen molar-refractivity contribution in [3.05, 3.63) is 41.6 Å². The number of pyridine rings is 1. The van der Waals surface area contributed by atoms with Crippen LogP contribution in [0, 0.1) is 12.8 Å². The Morgan fingerprint density at radius 3 is 2.86 bits per heavy atom. The van der Waals surface area contributed by atoms with E-state index in [-0.39, 0.29) is 0 Å². The van der Waals surface area contributed by atoms with Crippen LogP contribution in [0.1, 0.15) is 31.0 Å². The SMILES string of the molecule is Cc1ccc2cc(CNC(C)C3CCOCC3)ccc2n1. The molecule has 1 aromatic heterocycles. The number of aryl methyl sites for hydroxylation is 1. The Morgan fingerprint density at radius 2 is 2.05 bits per heavy atom. The predicted molar refractivity (Wildman–Crippen MR) is 86.3 cm³/mol. The highest BCUT2D eigenvalue weighted by Crippen LogP contribution is 2.19. The molecule has 0 bridgehead atoms. The molecule has 1 aliphatic heterocycles. The van der Waals surface area contributed by atoms with Crippen LogP contribution in [0.25, 0.3) is 10.9 Å². The van der Waals surface area contributed by atoms with Crippen molar-refractivity contribution in [1.29, 1.82) is 0 Å². The number of ether oxygens (including phenoxy) is 1. The molecule has 2 heterocycles. The van der Waals surface area contributed by atoms with Gasteiger partial charge in [0.2, 0.25) is 0 Å². The number of benzene rings is 1. The first kappa shape index (κ1) is 14.5. The second-order valence-electron chi connectivity index (χ2n) is 6.10. The summed E-state index contributed by atoms with van der Waals surface area (Å²) < 4.78 is 5.44. The van der Waals surface area contributed by atoms with Crippen molar-refractivity contribution >= 4 is 10.9 Å². The zero-order valence-electron chi connectivity index (χ0n) is 12.9. The van der Waals surface area contributed by atoms with E-state index in [0.717, 1.165) is 36.9 Å². The summed E-state index contributed by atoms with van der Waals surface area (Å²) in [5.41, 5.74) is 3.48. The minimum Gasteiger partial charge on any atom is -0.381 e. The van der Waals surface area contributed by atoms with Gasteiger partial charge in [-0.05, 0) is 56.4 Å². The molecular formula is C18H24N2O. The fourth-order valence-corrected chi connectivity index (χ4v) is 3.05. The maximum absolute atomic E-state index is 5.44. The van der Waals surface area contributed by atoms with Gasteiger partial charge >= 0.3 is 0 Å². The Balaban J connectivity index is 1.63. The maximum Gasteiger partial charge on any atom is 0.0705 e. The van der Waals surface area contributed by atoms with Gasteiger partial charge in [-0.25, -0.2) is 0 Å². The number of nitrogens with one attached hydrogen (secondary N) is 1. The van der Waals surface area contributed by atoms with E-state index in [1.165, 1.54) is 23.8 Å². The lowest BCUT2D eigenvalue weighted by Gasteiger charge is -2.28. The normalized spacial score (nSPS) is 18.0. The van der Waals surface area contributed by atoms with E-state index < -0.39 is 0 Å². The number of rotatable bonds is 4. The van der Waals surface area contributed by atoms with Crippen LogP contribution in [0.5, 0.6) is 0 Å². The van der Waals surface area contributed by atoms with Crippen LogP contribution < -0.4 is 5.32 Å². The molecule has 21 heavy (non-hydrogen) atoms. The average molecular weight is 284 g/mol. The summed E-state index contributed by atoms with van der Waals surface area (Å²) in [5, 5.41) is 4.89. The van der Waals surface area contributed by atoms with Crippen LogP contribution in [-0.2, 0) is 11.3 Å². The summed E-state index contributed by atoms with van der Waals surface area (Å²) in [6.45, 7) is 7.07. The first-order valence-corrected chi connectivity index (χ1v) is 7.90. The first-order valence-electron chi connectivity index (χ1n) is 7.90. The molecule has 2 aromatic rings. The zero-order chi connectivity index (χ0) is 14.7. The molecule has 1 fully saturated rings. The number of aromatic nitrogens is 1. The largest absolute Gasteiger partial charge is 0.381 e. The van der Waals surface area contributed by atoms with E-state index in [1.54, 1.807) is 0 Å². The van der Waals surface area contributed by atoms with Crippen LogP contribution in [0.15, 0.2) is 30.3 Å². The Labute approximate surface area is 126 Å². The van der Waals surface area contributed by atoms with Gasteiger partial charge in [0.1, 0.15) is 0 Å². The molecule has 0 radical (unpaired) electrons. The van der Waals surface area contributed by atoms with E-state index in [9.17, 15) is 0 Å². The summed E-state index contributed by atoms with van der Waals surface area (Å²) in [6, 6.07) is 11.3. The molecule has 3 heteroatoms. The summed E-state index contributed by atoms with van der Waals surface area (Å²) in [4.78, 5) is 4.55. The highest BCUT2D eigenvalue weighted by molar-refractivity contribution is 5.79. The fraction of sp³-hybridized carbons (Fsp3) is 0.500. The van der Waals surface area contributed by atoms with Crippen LogP contribution >= 0.6 is 0 Å². The van der Waals surface area contributed by atoms with Crippen molar-refractivity contribution < 1.29 is 4.74 Å². The Hall–Kier alpha value is -1.45. The highest BCUT2D eigenvalue weighted by atomic mass is 16.5. The van der Waals surface area contributed by atoms with Crippen molar-refractivity contribution in [2.24, 2.45) is 5.92 Å². The van der Waals surface area contributed by atoms with E-state index in [2.05, 4.69) is 47.6 Å². The number of fused-ring (bicyclic) bond motifs is 1. The van der Waals surface area contributed by atoms with Gasteiger partial charge in [0.25, 0.3) is 0 Å². The molecule has 3 rings (SSSR count). The van der Waals surface area contributed by atoms with Gasteiger partial charge in [0.05, 0.1) is 5.52 Å². The van der Waals surface area contributed by atoms with Gasteiger partial charge in [-0.1, -0.05) is 12.1 Å². The topological polar surface area (TPSA) is 34.1 Å². The van der Waals surface area contributed by atoms with E-state index in [0.29, 0.717) is 6.04 Å². The second kappa shape index (κ2) is 6.54. The van der Waals surface area contributed by atoms with Gasteiger partial charge in [0.15, 0.2) is 0 Å². The standard InChI is InChI=1S/C18H24N2O/c1-13-3-5-17-11-15(4-6-18(17)20-13)12-19-14(2)16-7-9-21-10-8-16/h3-6,11,14,16,19H,7-10,12H2,1-2H3. The molecule has 1 aromatic carbocycles. The monoisotopic (exact) mass is 284 g/mol. The summed E-state index contributed by atoms with van der Waals surface area (Å²) >= 11 is 0. The fourth-order valence-electron chi connectivity index (χ4n) is 3.05. The Morgan fingerprint density at radius 1 is 1.24 bits per heavy atom. The quantitative estimate of drug-likeness (QED) is 0.933. The molecule has 1 saturated heterocycles. The maximum atomic E-state index is 5.44. The summed E-state index contributed by atoms with van der Waals surface area (Å²) in [6.07, 6.45) is 2.35. The average Bonchev–Trinajstić information content (AvgIpc) is 2.53. The molecule has 112 valence electrons. The van der Waals surface area contributed by atoms with Crippen molar-refractivity contribution in [2.45, 2.75) is 39.3 Å². The minimum absolute atomic E-state index is 0.542. The van der Waals surface area contributed by atoms with Crippen molar-refractivity contribution in [2.75, 3.05) is 13.2 Å². The van der Waals surface area contributed by atoms with E-state index >= 15 is 0 Å². The molecule has 1 atom stereocenters. The molecule has 0 saturated carbocycles. The van der Waals surface area contributed by atoms with Crippen LogP contribution in [0.4, 0.5) is 0 Å². The van der Waals surface area contributed by atoms with Gasteiger partial charge in [-0.15, -0.1) is 0 Å².